The molecule has 1 aromatic heterocycles. The van der Waals surface area contributed by atoms with Gasteiger partial charge in [-0.1, -0.05) is 13.0 Å². The van der Waals surface area contributed by atoms with Crippen LogP contribution in [0.4, 0.5) is 0 Å². The molecule has 0 fully saturated rings. The number of ether oxygens (including phenoxy) is 2. The Bertz CT molecular complexity index is 1020. The van der Waals surface area contributed by atoms with E-state index in [2.05, 4.69) is 4.98 Å². The largest absolute Gasteiger partial charge is 0.493 e. The van der Waals surface area contributed by atoms with Gasteiger partial charge in [0.05, 0.1) is 25.3 Å². The fourth-order valence-corrected chi connectivity index (χ4v) is 3.93. The van der Waals surface area contributed by atoms with Gasteiger partial charge in [0, 0.05) is 12.0 Å². The summed E-state index contributed by atoms with van der Waals surface area (Å²) in [6.45, 7) is 3.17. The fraction of sp³-hybridized carbons (Fsp3) is 0.360. The molecule has 0 bridgehead atoms. The van der Waals surface area contributed by atoms with Crippen molar-refractivity contribution in [2.24, 2.45) is 0 Å². The zero-order chi connectivity index (χ0) is 21.6. The minimum Gasteiger partial charge on any atom is -0.493 e. The number of aryl methyl sites for hydroxylation is 2. The molecule has 0 aliphatic heterocycles. The van der Waals surface area contributed by atoms with Gasteiger partial charge in [0.25, 0.3) is 0 Å². The van der Waals surface area contributed by atoms with Gasteiger partial charge in [0.2, 0.25) is 5.89 Å². The van der Waals surface area contributed by atoms with Crippen LogP contribution in [0.5, 0.6) is 11.5 Å². The van der Waals surface area contributed by atoms with Crippen LogP contribution in [-0.4, -0.2) is 29.3 Å². The monoisotopic (exact) mass is 421 g/mol. The predicted molar refractivity (Wildman–Crippen MR) is 117 cm³/mol. The van der Waals surface area contributed by atoms with E-state index in [0.717, 1.165) is 54.0 Å². The number of fused-ring (bicyclic) bond motifs is 1. The Morgan fingerprint density at radius 3 is 2.58 bits per heavy atom. The molecule has 0 saturated carbocycles. The summed E-state index contributed by atoms with van der Waals surface area (Å²) < 4.78 is 17.2. The summed E-state index contributed by atoms with van der Waals surface area (Å²) in [7, 11) is 0. The van der Waals surface area contributed by atoms with E-state index >= 15 is 0 Å². The lowest BCUT2D eigenvalue weighted by molar-refractivity contribution is -0.137. The van der Waals surface area contributed by atoms with Crippen molar-refractivity contribution in [3.8, 4) is 23.0 Å². The Kier molecular flexibility index (Phi) is 6.55. The van der Waals surface area contributed by atoms with E-state index in [1.165, 1.54) is 5.56 Å². The number of aromatic nitrogens is 1. The fourth-order valence-electron chi connectivity index (χ4n) is 3.93. The van der Waals surface area contributed by atoms with Gasteiger partial charge in [-0.05, 0) is 72.7 Å². The first-order chi connectivity index (χ1) is 15.1. The van der Waals surface area contributed by atoms with Gasteiger partial charge >= 0.3 is 5.97 Å². The molecular formula is C25H27NO5. The predicted octanol–water partition coefficient (Wildman–Crippen LogP) is 5.26. The van der Waals surface area contributed by atoms with Crippen molar-refractivity contribution < 1.29 is 23.8 Å². The molecule has 1 aliphatic carbocycles. The van der Waals surface area contributed by atoms with Crippen LogP contribution in [0, 0.1) is 0 Å². The highest BCUT2D eigenvalue weighted by Crippen LogP contribution is 2.37. The van der Waals surface area contributed by atoms with Crippen molar-refractivity contribution in [3.63, 3.8) is 0 Å². The third-order valence-corrected chi connectivity index (χ3v) is 5.58. The quantitative estimate of drug-likeness (QED) is 0.450. The molecule has 1 atom stereocenters. The molecule has 2 aromatic carbocycles. The highest BCUT2D eigenvalue weighted by Gasteiger charge is 2.24. The molecule has 3 aromatic rings. The van der Waals surface area contributed by atoms with E-state index in [4.69, 9.17) is 19.0 Å². The number of aliphatic carboxylic acids is 1. The number of hydrogen-bond donors (Lipinski definition) is 1. The molecule has 162 valence electrons. The smallest absolute Gasteiger partial charge is 0.303 e. The number of carboxylic acid groups (broad SMARTS) is 1. The second-order valence-electron chi connectivity index (χ2n) is 7.77. The molecule has 0 amide bonds. The van der Waals surface area contributed by atoms with Gasteiger partial charge < -0.3 is 19.0 Å². The first kappa shape index (κ1) is 21.0. The average molecular weight is 421 g/mol. The zero-order valence-electron chi connectivity index (χ0n) is 17.7. The van der Waals surface area contributed by atoms with Crippen LogP contribution < -0.4 is 9.47 Å². The molecule has 1 heterocycles. The Morgan fingerprint density at radius 1 is 1.13 bits per heavy atom. The van der Waals surface area contributed by atoms with Gasteiger partial charge in [-0.3, -0.25) is 4.79 Å². The Morgan fingerprint density at radius 2 is 1.87 bits per heavy atom. The van der Waals surface area contributed by atoms with Crippen LogP contribution in [0.1, 0.15) is 48.9 Å². The number of carboxylic acids is 1. The number of carbonyl (C=O) groups is 1. The van der Waals surface area contributed by atoms with E-state index in [1.54, 1.807) is 6.26 Å². The number of nitrogens with zero attached hydrogens (tertiary/aromatic N) is 1. The lowest BCUT2D eigenvalue weighted by atomic mass is 9.98. The van der Waals surface area contributed by atoms with Crippen molar-refractivity contribution in [1.82, 2.24) is 4.98 Å². The molecule has 0 saturated heterocycles. The Balaban J connectivity index is 1.21. The summed E-state index contributed by atoms with van der Waals surface area (Å²) in [6.07, 6.45) is 5.31. The maximum absolute atomic E-state index is 11.0. The van der Waals surface area contributed by atoms with Gasteiger partial charge in [0.15, 0.2) is 0 Å². The summed E-state index contributed by atoms with van der Waals surface area (Å²) in [5.41, 5.74) is 4.23. The summed E-state index contributed by atoms with van der Waals surface area (Å²) >= 11 is 0. The van der Waals surface area contributed by atoms with E-state index < -0.39 is 5.97 Å². The van der Waals surface area contributed by atoms with Crippen molar-refractivity contribution in [3.05, 3.63) is 65.5 Å². The Labute approximate surface area is 181 Å². The van der Waals surface area contributed by atoms with Crippen LogP contribution in [-0.2, 0) is 17.6 Å². The maximum atomic E-state index is 11.0. The highest BCUT2D eigenvalue weighted by atomic mass is 16.5. The number of oxazole rings is 1. The van der Waals surface area contributed by atoms with Crippen molar-refractivity contribution in [1.29, 1.82) is 0 Å². The second kappa shape index (κ2) is 9.69. The lowest BCUT2D eigenvalue weighted by Gasteiger charge is -2.11. The van der Waals surface area contributed by atoms with Crippen molar-refractivity contribution in [2.45, 2.75) is 44.9 Å². The van der Waals surface area contributed by atoms with E-state index in [9.17, 15) is 4.79 Å². The van der Waals surface area contributed by atoms with Gasteiger partial charge in [-0.25, -0.2) is 4.98 Å². The average Bonchev–Trinajstić information content (AvgIpc) is 3.41. The van der Waals surface area contributed by atoms with Gasteiger partial charge in [-0.2, -0.15) is 0 Å². The number of benzene rings is 2. The molecule has 4 rings (SSSR count). The molecular weight excluding hydrogens is 394 g/mol. The third kappa shape index (κ3) is 5.26. The van der Waals surface area contributed by atoms with Crippen LogP contribution >= 0.6 is 0 Å². The minimum atomic E-state index is -0.740. The molecule has 6 nitrogen and oxygen atoms in total. The summed E-state index contributed by atoms with van der Waals surface area (Å²) in [5.74, 6) is 1.64. The summed E-state index contributed by atoms with van der Waals surface area (Å²) in [5, 5.41) is 9.04. The van der Waals surface area contributed by atoms with Gasteiger partial charge in [-0.15, -0.1) is 0 Å². The molecule has 0 unspecified atom stereocenters. The highest BCUT2D eigenvalue weighted by molar-refractivity contribution is 5.68. The zero-order valence-corrected chi connectivity index (χ0v) is 17.7. The first-order valence-corrected chi connectivity index (χ1v) is 10.8. The van der Waals surface area contributed by atoms with Crippen LogP contribution in [0.2, 0.25) is 0 Å². The van der Waals surface area contributed by atoms with E-state index in [0.29, 0.717) is 19.1 Å². The van der Waals surface area contributed by atoms with Crippen LogP contribution in [0.25, 0.3) is 11.5 Å². The van der Waals surface area contributed by atoms with Crippen LogP contribution in [0.3, 0.4) is 0 Å². The third-order valence-electron chi connectivity index (χ3n) is 5.58. The normalized spacial score (nSPS) is 14.9. The number of rotatable bonds is 10. The lowest BCUT2D eigenvalue weighted by Crippen LogP contribution is -2.05. The standard InChI is InChI=1S/C25H27NO5/c1-2-20-16-31-25(26-20)17-6-8-21(9-7-17)29-12-3-13-30-22-10-11-23-18(14-22)4-5-19(23)15-24(27)28/h6-11,14,16,19H,2-5,12-13,15H2,1H3,(H,27,28)/t19-/m0/s1. The first-order valence-electron chi connectivity index (χ1n) is 10.8. The van der Waals surface area contributed by atoms with Crippen molar-refractivity contribution >= 4 is 5.97 Å². The maximum Gasteiger partial charge on any atom is 0.303 e. The van der Waals surface area contributed by atoms with E-state index in [-0.39, 0.29) is 12.3 Å². The second-order valence-corrected chi connectivity index (χ2v) is 7.77. The minimum absolute atomic E-state index is 0.124. The summed E-state index contributed by atoms with van der Waals surface area (Å²) in [6, 6.07) is 13.7. The molecule has 0 spiro atoms. The molecule has 1 aliphatic rings. The van der Waals surface area contributed by atoms with Crippen molar-refractivity contribution in [2.75, 3.05) is 13.2 Å². The molecule has 31 heavy (non-hydrogen) atoms. The molecule has 0 radical (unpaired) electrons. The summed E-state index contributed by atoms with van der Waals surface area (Å²) in [4.78, 5) is 15.4. The van der Waals surface area contributed by atoms with E-state index in [1.807, 2.05) is 49.4 Å². The van der Waals surface area contributed by atoms with Crippen LogP contribution in [0.15, 0.2) is 53.1 Å². The van der Waals surface area contributed by atoms with Gasteiger partial charge in [0.1, 0.15) is 17.8 Å². The topological polar surface area (TPSA) is 81.8 Å². The molecule has 1 N–H and O–H groups in total. The Hall–Kier alpha value is -3.28. The number of hydrogen-bond acceptors (Lipinski definition) is 5. The SMILES string of the molecule is CCc1coc(-c2ccc(OCCCOc3ccc4c(c3)CC[C@H]4CC(=O)O)cc2)n1. The molecule has 6 heteroatoms.